The lowest BCUT2D eigenvalue weighted by Gasteiger charge is -2.18. The molecule has 4 nitrogen and oxygen atoms in total. The number of benzene rings is 1. The summed E-state index contributed by atoms with van der Waals surface area (Å²) in [4.78, 5) is 17.9. The van der Waals surface area contributed by atoms with E-state index in [9.17, 15) is 4.79 Å². The van der Waals surface area contributed by atoms with Crippen LogP contribution in [0.15, 0.2) is 48.7 Å². The fourth-order valence-corrected chi connectivity index (χ4v) is 3.01. The minimum absolute atomic E-state index is 0.0313. The number of aromatic nitrogens is 1. The average Bonchev–Trinajstić information content (AvgIpc) is 2.61. The van der Waals surface area contributed by atoms with E-state index in [4.69, 9.17) is 4.74 Å². The van der Waals surface area contributed by atoms with E-state index in [1.165, 1.54) is 0 Å². The van der Waals surface area contributed by atoms with Crippen molar-refractivity contribution in [1.82, 2.24) is 4.98 Å². The van der Waals surface area contributed by atoms with Gasteiger partial charge in [0, 0.05) is 13.2 Å². The molecule has 5 heteroatoms. The molecule has 1 aromatic heterocycles. The summed E-state index contributed by atoms with van der Waals surface area (Å²) in [5.41, 5.74) is 1.16. The molecule has 0 radical (unpaired) electrons. The van der Waals surface area contributed by atoms with Crippen LogP contribution >= 0.6 is 11.8 Å². The molecule has 0 aliphatic rings. The van der Waals surface area contributed by atoms with Crippen molar-refractivity contribution in [1.29, 1.82) is 0 Å². The lowest BCUT2D eigenvalue weighted by molar-refractivity contribution is -0.116. The molecule has 1 atom stereocenters. The zero-order valence-corrected chi connectivity index (χ0v) is 15.3. The number of rotatable bonds is 9. The van der Waals surface area contributed by atoms with E-state index in [1.807, 2.05) is 55.8 Å². The first-order valence-corrected chi connectivity index (χ1v) is 9.26. The summed E-state index contributed by atoms with van der Waals surface area (Å²) < 4.78 is 5.79. The van der Waals surface area contributed by atoms with Gasteiger partial charge < -0.3 is 9.64 Å². The molecular formula is C19H24N2O2S. The van der Waals surface area contributed by atoms with Crippen molar-refractivity contribution in [2.75, 3.05) is 31.4 Å². The normalized spacial score (nSPS) is 11.8. The molecule has 0 spiro atoms. The van der Waals surface area contributed by atoms with Gasteiger partial charge in [-0.25, -0.2) is 4.98 Å². The second kappa shape index (κ2) is 9.33. The third-order valence-electron chi connectivity index (χ3n) is 3.82. The Morgan fingerprint density at radius 1 is 1.25 bits per heavy atom. The van der Waals surface area contributed by atoms with Gasteiger partial charge in [0.15, 0.2) is 0 Å². The smallest absolute Gasteiger partial charge is 0.143 e. The van der Waals surface area contributed by atoms with Crippen molar-refractivity contribution in [2.24, 2.45) is 0 Å². The Labute approximate surface area is 148 Å². The molecule has 0 aliphatic heterocycles. The number of ether oxygens (including phenoxy) is 1. The van der Waals surface area contributed by atoms with Gasteiger partial charge in [0.05, 0.1) is 11.8 Å². The van der Waals surface area contributed by atoms with Gasteiger partial charge in [-0.1, -0.05) is 18.2 Å². The highest BCUT2D eigenvalue weighted by molar-refractivity contribution is 7.99. The third kappa shape index (κ3) is 5.57. The molecule has 1 heterocycles. The van der Waals surface area contributed by atoms with Crippen molar-refractivity contribution in [3.63, 3.8) is 0 Å². The first-order chi connectivity index (χ1) is 11.6. The van der Waals surface area contributed by atoms with Crippen LogP contribution in [0, 0.1) is 0 Å². The van der Waals surface area contributed by atoms with Crippen LogP contribution < -0.4 is 9.64 Å². The molecule has 0 N–H and O–H groups in total. The Hall–Kier alpha value is -2.01. The van der Waals surface area contributed by atoms with Crippen LogP contribution in [0.2, 0.25) is 0 Å². The van der Waals surface area contributed by atoms with Gasteiger partial charge in [-0.2, -0.15) is 11.8 Å². The van der Waals surface area contributed by atoms with Crippen molar-refractivity contribution < 1.29 is 9.53 Å². The fraction of sp³-hybridized carbons (Fsp3) is 0.368. The van der Waals surface area contributed by atoms with Crippen molar-refractivity contribution in [2.45, 2.75) is 18.6 Å². The molecule has 24 heavy (non-hydrogen) atoms. The standard InChI is InChI=1S/C19H24N2O2S/c1-15(22)18(24-3)14-16-7-9-17(10-8-16)23-13-12-21(2)19-6-4-5-11-20-19/h4-11,18H,12-14H2,1-3H3. The second-order valence-electron chi connectivity index (χ2n) is 5.64. The minimum Gasteiger partial charge on any atom is -0.492 e. The maximum atomic E-state index is 11.5. The van der Waals surface area contributed by atoms with E-state index >= 15 is 0 Å². The predicted octanol–water partition coefficient (Wildman–Crippen LogP) is 3.46. The number of ketones is 1. The molecular weight excluding hydrogens is 320 g/mol. The lowest BCUT2D eigenvalue weighted by atomic mass is 10.1. The molecule has 0 fully saturated rings. The molecule has 1 unspecified atom stereocenters. The van der Waals surface area contributed by atoms with E-state index in [2.05, 4.69) is 9.88 Å². The first kappa shape index (κ1) is 18.3. The monoisotopic (exact) mass is 344 g/mol. The van der Waals surface area contributed by atoms with Crippen LogP contribution in [0.1, 0.15) is 12.5 Å². The third-order valence-corrected chi connectivity index (χ3v) is 4.89. The number of hydrogen-bond donors (Lipinski definition) is 0. The molecule has 0 aliphatic carbocycles. The van der Waals surface area contributed by atoms with E-state index in [0.29, 0.717) is 6.61 Å². The zero-order valence-electron chi connectivity index (χ0n) is 14.4. The fourth-order valence-electron chi connectivity index (χ4n) is 2.32. The number of carbonyl (C=O) groups excluding carboxylic acids is 1. The Morgan fingerprint density at radius 3 is 2.58 bits per heavy atom. The number of hydrogen-bond acceptors (Lipinski definition) is 5. The summed E-state index contributed by atoms with van der Waals surface area (Å²) in [7, 11) is 2.00. The van der Waals surface area contributed by atoms with Crippen molar-refractivity contribution in [3.8, 4) is 5.75 Å². The summed E-state index contributed by atoms with van der Waals surface area (Å²) in [5, 5.41) is 0.0313. The average molecular weight is 344 g/mol. The molecule has 2 rings (SSSR count). The molecule has 0 bridgehead atoms. The quantitative estimate of drug-likeness (QED) is 0.697. The maximum absolute atomic E-state index is 11.5. The van der Waals surface area contributed by atoms with Crippen LogP contribution in [-0.2, 0) is 11.2 Å². The largest absolute Gasteiger partial charge is 0.492 e. The predicted molar refractivity (Wildman–Crippen MR) is 101 cm³/mol. The number of anilines is 1. The second-order valence-corrected chi connectivity index (χ2v) is 6.68. The van der Waals surface area contributed by atoms with Gasteiger partial charge in [-0.05, 0) is 49.4 Å². The van der Waals surface area contributed by atoms with Crippen LogP contribution in [0.3, 0.4) is 0 Å². The Balaban J connectivity index is 1.80. The molecule has 128 valence electrons. The topological polar surface area (TPSA) is 42.4 Å². The molecule has 0 amide bonds. The summed E-state index contributed by atoms with van der Waals surface area (Å²) >= 11 is 1.60. The molecule has 0 saturated carbocycles. The van der Waals surface area contributed by atoms with E-state index in [1.54, 1.807) is 24.9 Å². The number of pyridine rings is 1. The Bertz CT molecular complexity index is 632. The summed E-state index contributed by atoms with van der Waals surface area (Å²) in [6.07, 6.45) is 4.52. The SMILES string of the molecule is CSC(Cc1ccc(OCCN(C)c2ccccn2)cc1)C(C)=O. The van der Waals surface area contributed by atoms with Gasteiger partial charge in [-0.3, -0.25) is 4.79 Å². The van der Waals surface area contributed by atoms with Gasteiger partial charge in [0.2, 0.25) is 0 Å². The van der Waals surface area contributed by atoms with Crippen LogP contribution in [0.4, 0.5) is 5.82 Å². The van der Waals surface area contributed by atoms with Crippen LogP contribution in [-0.4, -0.2) is 42.5 Å². The highest BCUT2D eigenvalue weighted by atomic mass is 32.2. The number of thioether (sulfide) groups is 1. The highest BCUT2D eigenvalue weighted by Gasteiger charge is 2.13. The summed E-state index contributed by atoms with van der Waals surface area (Å²) in [5.74, 6) is 2.00. The van der Waals surface area contributed by atoms with Gasteiger partial charge >= 0.3 is 0 Å². The summed E-state index contributed by atoms with van der Waals surface area (Å²) in [6.45, 7) is 3.00. The van der Waals surface area contributed by atoms with E-state index in [0.717, 1.165) is 30.1 Å². The molecule has 1 aromatic carbocycles. The van der Waals surface area contributed by atoms with E-state index in [-0.39, 0.29) is 11.0 Å². The zero-order chi connectivity index (χ0) is 17.4. The number of nitrogens with zero attached hydrogens (tertiary/aromatic N) is 2. The van der Waals surface area contributed by atoms with Gasteiger partial charge in [0.1, 0.15) is 24.0 Å². The van der Waals surface area contributed by atoms with Crippen LogP contribution in [0.25, 0.3) is 0 Å². The Kier molecular flexibility index (Phi) is 7.12. The van der Waals surface area contributed by atoms with Crippen molar-refractivity contribution >= 4 is 23.4 Å². The van der Waals surface area contributed by atoms with Gasteiger partial charge in [0.25, 0.3) is 0 Å². The molecule has 2 aromatic rings. The minimum atomic E-state index is 0.0313. The number of likely N-dealkylation sites (N-methyl/N-ethyl adjacent to an activating group) is 1. The molecule has 0 saturated heterocycles. The van der Waals surface area contributed by atoms with Crippen molar-refractivity contribution in [3.05, 3.63) is 54.2 Å². The van der Waals surface area contributed by atoms with E-state index < -0.39 is 0 Å². The number of carbonyl (C=O) groups is 1. The van der Waals surface area contributed by atoms with Gasteiger partial charge in [-0.15, -0.1) is 0 Å². The lowest BCUT2D eigenvalue weighted by Crippen LogP contribution is -2.24. The first-order valence-electron chi connectivity index (χ1n) is 7.97. The Morgan fingerprint density at radius 2 is 2.00 bits per heavy atom. The van der Waals surface area contributed by atoms with Crippen LogP contribution in [0.5, 0.6) is 5.75 Å². The maximum Gasteiger partial charge on any atom is 0.143 e. The highest BCUT2D eigenvalue weighted by Crippen LogP contribution is 2.18. The number of Topliss-reactive ketones (excluding diaryl/α,β-unsaturated/α-hetero) is 1. The summed E-state index contributed by atoms with van der Waals surface area (Å²) in [6, 6.07) is 13.9.